The molecule has 0 aromatic heterocycles. The molecule has 0 heterocycles. The van der Waals surface area contributed by atoms with Gasteiger partial charge in [0, 0.05) is 13.1 Å². The molecule has 3 nitrogen and oxygen atoms in total. The van der Waals surface area contributed by atoms with Crippen LogP contribution >= 0.6 is 0 Å². The third-order valence-corrected chi connectivity index (χ3v) is 4.08. The van der Waals surface area contributed by atoms with Crippen LogP contribution in [0.25, 0.3) is 0 Å². The van der Waals surface area contributed by atoms with Crippen molar-refractivity contribution in [3.8, 4) is 11.8 Å². The van der Waals surface area contributed by atoms with Gasteiger partial charge in [0.1, 0.15) is 11.8 Å². The largest absolute Gasteiger partial charge is 0.495 e. The van der Waals surface area contributed by atoms with Gasteiger partial charge >= 0.3 is 0 Å². The minimum absolute atomic E-state index is 0.463. The van der Waals surface area contributed by atoms with Crippen molar-refractivity contribution in [2.24, 2.45) is 5.41 Å². The molecule has 3 heteroatoms. The van der Waals surface area contributed by atoms with E-state index in [-0.39, 0.29) is 0 Å². The summed E-state index contributed by atoms with van der Waals surface area (Å²) in [6, 6.07) is 7.96. The van der Waals surface area contributed by atoms with E-state index in [0.29, 0.717) is 16.7 Å². The van der Waals surface area contributed by atoms with Crippen LogP contribution in [0.15, 0.2) is 18.2 Å². The number of methoxy groups -OCH3 is 1. The van der Waals surface area contributed by atoms with Crippen LogP contribution in [0.3, 0.4) is 0 Å². The Labute approximate surface area is 115 Å². The van der Waals surface area contributed by atoms with Crippen molar-refractivity contribution in [1.82, 2.24) is 5.32 Å². The summed E-state index contributed by atoms with van der Waals surface area (Å²) >= 11 is 0. The second-order valence-corrected chi connectivity index (χ2v) is 5.77. The predicted molar refractivity (Wildman–Crippen MR) is 76.0 cm³/mol. The average molecular weight is 258 g/mol. The summed E-state index contributed by atoms with van der Waals surface area (Å²) < 4.78 is 5.15. The standard InChI is InChI=1S/C16H22N2O/c1-16(7-3-4-8-16)12-18-11-13-5-6-15(19-2)14(9-13)10-17/h5-6,9,18H,3-4,7-8,11-12H2,1-2H3. The van der Waals surface area contributed by atoms with Gasteiger partial charge in [0.15, 0.2) is 0 Å². The Morgan fingerprint density at radius 2 is 2.11 bits per heavy atom. The number of nitrogens with zero attached hydrogens (tertiary/aromatic N) is 1. The molecule has 0 saturated heterocycles. The molecule has 1 aliphatic rings. The lowest BCUT2D eigenvalue weighted by atomic mass is 9.89. The summed E-state index contributed by atoms with van der Waals surface area (Å²) in [6.45, 7) is 4.23. The van der Waals surface area contributed by atoms with E-state index in [9.17, 15) is 0 Å². The first kappa shape index (κ1) is 13.9. The summed E-state index contributed by atoms with van der Waals surface area (Å²) in [6.07, 6.45) is 5.37. The van der Waals surface area contributed by atoms with Gasteiger partial charge in [-0.3, -0.25) is 0 Å². The quantitative estimate of drug-likeness (QED) is 0.882. The lowest BCUT2D eigenvalue weighted by molar-refractivity contribution is 0.314. The molecule has 102 valence electrons. The number of nitriles is 1. The van der Waals surface area contributed by atoms with Crippen molar-refractivity contribution in [1.29, 1.82) is 5.26 Å². The molecule has 0 spiro atoms. The minimum atomic E-state index is 0.463. The van der Waals surface area contributed by atoms with Crippen LogP contribution in [0.5, 0.6) is 5.75 Å². The van der Waals surface area contributed by atoms with E-state index in [1.807, 2.05) is 18.2 Å². The van der Waals surface area contributed by atoms with E-state index in [4.69, 9.17) is 10.00 Å². The molecule has 1 aromatic rings. The highest BCUT2D eigenvalue weighted by molar-refractivity contribution is 5.45. The van der Waals surface area contributed by atoms with E-state index in [2.05, 4.69) is 18.3 Å². The van der Waals surface area contributed by atoms with E-state index in [0.717, 1.165) is 18.7 Å². The fourth-order valence-corrected chi connectivity index (χ4v) is 2.87. The number of hydrogen-bond acceptors (Lipinski definition) is 3. The van der Waals surface area contributed by atoms with Gasteiger partial charge < -0.3 is 10.1 Å². The molecule has 0 atom stereocenters. The van der Waals surface area contributed by atoms with Crippen molar-refractivity contribution in [3.63, 3.8) is 0 Å². The van der Waals surface area contributed by atoms with Crippen LogP contribution in [-0.4, -0.2) is 13.7 Å². The first-order chi connectivity index (χ1) is 9.17. The fourth-order valence-electron chi connectivity index (χ4n) is 2.87. The van der Waals surface area contributed by atoms with Crippen molar-refractivity contribution in [2.75, 3.05) is 13.7 Å². The molecule has 1 N–H and O–H groups in total. The van der Waals surface area contributed by atoms with Crippen LogP contribution in [0.4, 0.5) is 0 Å². The monoisotopic (exact) mass is 258 g/mol. The maximum absolute atomic E-state index is 9.06. The molecular formula is C16H22N2O. The molecule has 1 aromatic carbocycles. The zero-order chi connectivity index (χ0) is 13.7. The number of nitrogens with one attached hydrogen (secondary N) is 1. The van der Waals surface area contributed by atoms with Crippen molar-refractivity contribution in [3.05, 3.63) is 29.3 Å². The molecule has 0 radical (unpaired) electrons. The second-order valence-electron chi connectivity index (χ2n) is 5.77. The zero-order valence-corrected chi connectivity index (χ0v) is 11.8. The number of hydrogen-bond donors (Lipinski definition) is 1. The van der Waals surface area contributed by atoms with Crippen molar-refractivity contribution in [2.45, 2.75) is 39.2 Å². The molecule has 1 saturated carbocycles. The van der Waals surface area contributed by atoms with Crippen LogP contribution in [0, 0.1) is 16.7 Å². The molecular weight excluding hydrogens is 236 g/mol. The Morgan fingerprint density at radius 1 is 1.37 bits per heavy atom. The Morgan fingerprint density at radius 3 is 2.74 bits per heavy atom. The normalized spacial score (nSPS) is 17.1. The summed E-state index contributed by atoms with van der Waals surface area (Å²) in [5.74, 6) is 0.647. The SMILES string of the molecule is COc1ccc(CNCC2(C)CCCC2)cc1C#N. The minimum Gasteiger partial charge on any atom is -0.495 e. The summed E-state index contributed by atoms with van der Waals surface area (Å²) in [5, 5.41) is 12.6. The highest BCUT2D eigenvalue weighted by atomic mass is 16.5. The third-order valence-electron chi connectivity index (χ3n) is 4.08. The number of rotatable bonds is 5. The lowest BCUT2D eigenvalue weighted by Gasteiger charge is -2.23. The highest BCUT2D eigenvalue weighted by Crippen LogP contribution is 2.36. The molecule has 0 bridgehead atoms. The number of ether oxygens (including phenoxy) is 1. The zero-order valence-electron chi connectivity index (χ0n) is 11.8. The molecule has 19 heavy (non-hydrogen) atoms. The van der Waals surface area contributed by atoms with Gasteiger partial charge in [-0.1, -0.05) is 25.8 Å². The average Bonchev–Trinajstić information content (AvgIpc) is 2.85. The maximum atomic E-state index is 9.06. The smallest absolute Gasteiger partial charge is 0.136 e. The number of benzene rings is 1. The first-order valence-corrected chi connectivity index (χ1v) is 6.95. The molecule has 0 unspecified atom stereocenters. The maximum Gasteiger partial charge on any atom is 0.136 e. The van der Waals surface area contributed by atoms with Crippen molar-refractivity contribution >= 4 is 0 Å². The Kier molecular flexibility index (Phi) is 4.44. The van der Waals surface area contributed by atoms with Gasteiger partial charge in [-0.2, -0.15) is 5.26 Å². The van der Waals surface area contributed by atoms with Crippen LogP contribution in [0.2, 0.25) is 0 Å². The Bertz CT molecular complexity index is 470. The van der Waals surface area contributed by atoms with Crippen molar-refractivity contribution < 1.29 is 4.74 Å². The van der Waals surface area contributed by atoms with E-state index in [1.54, 1.807) is 7.11 Å². The predicted octanol–water partition coefficient (Wildman–Crippen LogP) is 3.24. The molecule has 2 rings (SSSR count). The van der Waals surface area contributed by atoms with Gasteiger partial charge in [-0.15, -0.1) is 0 Å². The fraction of sp³-hybridized carbons (Fsp3) is 0.562. The second kappa shape index (κ2) is 6.08. The van der Waals surface area contributed by atoms with Crippen LogP contribution < -0.4 is 10.1 Å². The molecule has 0 amide bonds. The van der Waals surface area contributed by atoms with Gasteiger partial charge in [0.2, 0.25) is 0 Å². The third kappa shape index (κ3) is 3.48. The van der Waals surface area contributed by atoms with E-state index >= 15 is 0 Å². The Balaban J connectivity index is 1.91. The lowest BCUT2D eigenvalue weighted by Crippen LogP contribution is -2.29. The highest BCUT2D eigenvalue weighted by Gasteiger charge is 2.27. The summed E-state index contributed by atoms with van der Waals surface area (Å²) in [4.78, 5) is 0. The molecule has 1 fully saturated rings. The first-order valence-electron chi connectivity index (χ1n) is 6.95. The van der Waals surface area contributed by atoms with Gasteiger partial charge in [-0.05, 0) is 36.0 Å². The van der Waals surface area contributed by atoms with Gasteiger partial charge in [-0.25, -0.2) is 0 Å². The van der Waals surface area contributed by atoms with Crippen LogP contribution in [-0.2, 0) is 6.54 Å². The Hall–Kier alpha value is -1.53. The molecule has 1 aliphatic carbocycles. The summed E-state index contributed by atoms with van der Waals surface area (Å²) in [5.41, 5.74) is 2.21. The van der Waals surface area contributed by atoms with Gasteiger partial charge in [0.25, 0.3) is 0 Å². The summed E-state index contributed by atoms with van der Waals surface area (Å²) in [7, 11) is 1.59. The van der Waals surface area contributed by atoms with E-state index in [1.165, 1.54) is 25.7 Å². The topological polar surface area (TPSA) is 45.0 Å². The molecule has 0 aliphatic heterocycles. The van der Waals surface area contributed by atoms with E-state index < -0.39 is 0 Å². The van der Waals surface area contributed by atoms with Crippen LogP contribution in [0.1, 0.15) is 43.7 Å². The van der Waals surface area contributed by atoms with Gasteiger partial charge in [0.05, 0.1) is 12.7 Å².